The number of carboxylic acids is 1. The second kappa shape index (κ2) is 6.70. The van der Waals surface area contributed by atoms with Crippen molar-refractivity contribution in [2.75, 3.05) is 12.3 Å². The molecule has 1 heterocycles. The number of aliphatic carboxylic acids is 1. The topological polar surface area (TPSA) is 75.1 Å². The number of carbonyl (C=O) groups is 1. The molecular weight excluding hydrogens is 250 g/mol. The van der Waals surface area contributed by atoms with Crippen molar-refractivity contribution in [2.45, 2.75) is 37.9 Å². The average molecular weight is 269 g/mol. The predicted molar refractivity (Wildman–Crippen MR) is 71.8 cm³/mol. The first-order valence-corrected chi connectivity index (χ1v) is 6.87. The lowest BCUT2D eigenvalue weighted by Gasteiger charge is -2.25. The van der Waals surface area contributed by atoms with Gasteiger partial charge >= 0.3 is 5.97 Å². The van der Waals surface area contributed by atoms with E-state index in [2.05, 4.69) is 15.3 Å². The standard InChI is InChI=1S/C12H19N3O2S/c1-4-14-12(3,10(16)17)6-8-18-11-13-7-5-9(2)15-11/h5,7,14H,4,6,8H2,1-3H3,(H,16,17). The maximum Gasteiger partial charge on any atom is 0.323 e. The van der Waals surface area contributed by atoms with Crippen LogP contribution in [0.3, 0.4) is 0 Å². The van der Waals surface area contributed by atoms with Gasteiger partial charge in [-0.1, -0.05) is 18.7 Å². The molecule has 0 aliphatic carbocycles. The second-order valence-corrected chi connectivity index (χ2v) is 5.31. The van der Waals surface area contributed by atoms with Gasteiger partial charge < -0.3 is 10.4 Å². The summed E-state index contributed by atoms with van der Waals surface area (Å²) < 4.78 is 0. The minimum atomic E-state index is -0.883. The Morgan fingerprint density at radius 2 is 2.33 bits per heavy atom. The summed E-state index contributed by atoms with van der Waals surface area (Å²) in [6.07, 6.45) is 2.24. The van der Waals surface area contributed by atoms with E-state index in [1.807, 2.05) is 19.9 Å². The van der Waals surface area contributed by atoms with Crippen LogP contribution in [0.25, 0.3) is 0 Å². The predicted octanol–water partition coefficient (Wildman–Crippen LogP) is 1.72. The second-order valence-electron chi connectivity index (χ2n) is 4.25. The summed E-state index contributed by atoms with van der Waals surface area (Å²) >= 11 is 1.48. The van der Waals surface area contributed by atoms with Crippen LogP contribution in [0, 0.1) is 6.92 Å². The number of carboxylic acid groups (broad SMARTS) is 1. The summed E-state index contributed by atoms with van der Waals surface area (Å²) in [5, 5.41) is 12.9. The molecule has 0 bridgehead atoms. The fourth-order valence-electron chi connectivity index (χ4n) is 1.50. The molecule has 5 nitrogen and oxygen atoms in total. The first kappa shape index (κ1) is 14.9. The number of aryl methyl sites for hydroxylation is 1. The normalized spacial score (nSPS) is 14.2. The highest BCUT2D eigenvalue weighted by molar-refractivity contribution is 7.99. The largest absolute Gasteiger partial charge is 0.480 e. The third-order valence-corrected chi connectivity index (χ3v) is 3.51. The molecule has 2 N–H and O–H groups in total. The highest BCUT2D eigenvalue weighted by Gasteiger charge is 2.31. The van der Waals surface area contributed by atoms with Gasteiger partial charge in [-0.05, 0) is 32.9 Å². The van der Waals surface area contributed by atoms with Crippen LogP contribution in [0.15, 0.2) is 17.4 Å². The van der Waals surface area contributed by atoms with Gasteiger partial charge in [0.25, 0.3) is 0 Å². The molecule has 0 aliphatic rings. The molecule has 0 fully saturated rings. The summed E-state index contributed by atoms with van der Waals surface area (Å²) in [5.74, 6) is -0.158. The molecule has 0 aliphatic heterocycles. The summed E-state index contributed by atoms with van der Waals surface area (Å²) in [5.41, 5.74) is 0.0335. The number of hydrogen-bond donors (Lipinski definition) is 2. The number of aromatic nitrogens is 2. The van der Waals surface area contributed by atoms with Crippen molar-refractivity contribution < 1.29 is 9.90 Å². The van der Waals surface area contributed by atoms with Gasteiger partial charge in [-0.25, -0.2) is 9.97 Å². The zero-order valence-corrected chi connectivity index (χ0v) is 11.8. The van der Waals surface area contributed by atoms with Gasteiger partial charge in [0.2, 0.25) is 0 Å². The van der Waals surface area contributed by atoms with Gasteiger partial charge in [0.15, 0.2) is 5.16 Å². The van der Waals surface area contributed by atoms with Crippen molar-refractivity contribution >= 4 is 17.7 Å². The van der Waals surface area contributed by atoms with E-state index in [0.29, 0.717) is 23.9 Å². The first-order valence-electron chi connectivity index (χ1n) is 5.89. The molecule has 1 atom stereocenters. The van der Waals surface area contributed by atoms with Crippen LogP contribution >= 0.6 is 11.8 Å². The molecule has 1 aromatic heterocycles. The van der Waals surface area contributed by atoms with Crippen molar-refractivity contribution in [1.82, 2.24) is 15.3 Å². The Bertz CT molecular complexity index is 414. The van der Waals surface area contributed by atoms with Crippen LogP contribution in [0.5, 0.6) is 0 Å². The van der Waals surface area contributed by atoms with Crippen molar-refractivity contribution in [3.8, 4) is 0 Å². The van der Waals surface area contributed by atoms with E-state index >= 15 is 0 Å². The first-order chi connectivity index (χ1) is 8.48. The Labute approximate surface area is 111 Å². The monoisotopic (exact) mass is 269 g/mol. The third kappa shape index (κ3) is 4.27. The fraction of sp³-hybridized carbons (Fsp3) is 0.583. The molecule has 0 saturated carbocycles. The molecule has 1 rings (SSSR count). The number of nitrogens with zero attached hydrogens (tertiary/aromatic N) is 2. The van der Waals surface area contributed by atoms with E-state index in [1.165, 1.54) is 11.8 Å². The molecule has 1 unspecified atom stereocenters. The molecule has 0 aromatic carbocycles. The van der Waals surface area contributed by atoms with Gasteiger partial charge in [0.05, 0.1) is 0 Å². The summed E-state index contributed by atoms with van der Waals surface area (Å²) in [6, 6.07) is 1.84. The van der Waals surface area contributed by atoms with Gasteiger partial charge in [0, 0.05) is 17.6 Å². The highest BCUT2D eigenvalue weighted by Crippen LogP contribution is 2.19. The molecular formula is C12H19N3O2S. The molecule has 1 aromatic rings. The van der Waals surface area contributed by atoms with Crippen LogP contribution in [0.4, 0.5) is 0 Å². The van der Waals surface area contributed by atoms with Crippen LogP contribution in [0.1, 0.15) is 26.0 Å². The van der Waals surface area contributed by atoms with E-state index in [0.717, 1.165) is 5.69 Å². The quantitative estimate of drug-likeness (QED) is 0.580. The van der Waals surface area contributed by atoms with Crippen molar-refractivity contribution in [2.24, 2.45) is 0 Å². The summed E-state index contributed by atoms with van der Waals surface area (Å²) in [6.45, 7) is 6.15. The van der Waals surface area contributed by atoms with Crippen molar-refractivity contribution in [1.29, 1.82) is 0 Å². The summed E-state index contributed by atoms with van der Waals surface area (Å²) in [4.78, 5) is 19.6. The Morgan fingerprint density at radius 3 is 2.89 bits per heavy atom. The van der Waals surface area contributed by atoms with Crippen LogP contribution in [0.2, 0.25) is 0 Å². The molecule has 6 heteroatoms. The van der Waals surface area contributed by atoms with Crippen LogP contribution in [-0.2, 0) is 4.79 Å². The van der Waals surface area contributed by atoms with E-state index in [4.69, 9.17) is 0 Å². The molecule has 0 spiro atoms. The Kier molecular flexibility index (Phi) is 5.55. The van der Waals surface area contributed by atoms with Crippen LogP contribution in [-0.4, -0.2) is 38.9 Å². The number of hydrogen-bond acceptors (Lipinski definition) is 5. The fourth-order valence-corrected chi connectivity index (χ4v) is 2.54. The van der Waals surface area contributed by atoms with Gasteiger partial charge in [-0.2, -0.15) is 0 Å². The maximum absolute atomic E-state index is 11.2. The molecule has 0 saturated heterocycles. The average Bonchev–Trinajstić information content (AvgIpc) is 2.29. The van der Waals surface area contributed by atoms with Crippen LogP contribution < -0.4 is 5.32 Å². The van der Waals surface area contributed by atoms with E-state index in [-0.39, 0.29) is 0 Å². The Morgan fingerprint density at radius 1 is 1.61 bits per heavy atom. The summed E-state index contributed by atoms with van der Waals surface area (Å²) in [7, 11) is 0. The maximum atomic E-state index is 11.2. The molecule has 0 radical (unpaired) electrons. The van der Waals surface area contributed by atoms with Gasteiger partial charge in [-0.3, -0.25) is 4.79 Å². The van der Waals surface area contributed by atoms with E-state index < -0.39 is 11.5 Å². The lowest BCUT2D eigenvalue weighted by molar-refractivity contribution is -0.144. The minimum Gasteiger partial charge on any atom is -0.480 e. The Balaban J connectivity index is 2.51. The molecule has 0 amide bonds. The number of rotatable bonds is 7. The highest BCUT2D eigenvalue weighted by atomic mass is 32.2. The van der Waals surface area contributed by atoms with Gasteiger partial charge in [0.1, 0.15) is 5.54 Å². The molecule has 18 heavy (non-hydrogen) atoms. The number of thioether (sulfide) groups is 1. The van der Waals surface area contributed by atoms with E-state index in [9.17, 15) is 9.90 Å². The molecule has 100 valence electrons. The van der Waals surface area contributed by atoms with Gasteiger partial charge in [-0.15, -0.1) is 0 Å². The zero-order chi connectivity index (χ0) is 13.6. The van der Waals surface area contributed by atoms with Crippen molar-refractivity contribution in [3.63, 3.8) is 0 Å². The van der Waals surface area contributed by atoms with E-state index in [1.54, 1.807) is 13.1 Å². The lowest BCUT2D eigenvalue weighted by atomic mass is 9.99. The zero-order valence-electron chi connectivity index (χ0n) is 10.9. The lowest BCUT2D eigenvalue weighted by Crippen LogP contribution is -2.49. The Hall–Kier alpha value is -1.14. The minimum absolute atomic E-state index is 0.526. The van der Waals surface area contributed by atoms with Crippen molar-refractivity contribution in [3.05, 3.63) is 18.0 Å². The smallest absolute Gasteiger partial charge is 0.323 e. The SMILES string of the molecule is CCNC(C)(CCSc1nccc(C)n1)C(=O)O. The number of likely N-dealkylation sites (N-methyl/N-ethyl adjacent to an activating group) is 1. The third-order valence-electron chi connectivity index (χ3n) is 2.64. The number of nitrogens with one attached hydrogen (secondary N) is 1.